The first-order valence-electron chi connectivity index (χ1n) is 7.92. The lowest BCUT2D eigenvalue weighted by Gasteiger charge is -2.21. The molecule has 2 aromatic carbocycles. The minimum atomic E-state index is -0.0117. The van der Waals surface area contributed by atoms with Crippen LogP contribution in [0.2, 0.25) is 0 Å². The summed E-state index contributed by atoms with van der Waals surface area (Å²) in [5.41, 5.74) is 2.66. The first-order valence-corrected chi connectivity index (χ1v) is 7.92. The van der Waals surface area contributed by atoms with Gasteiger partial charge >= 0.3 is 0 Å². The molecule has 0 saturated heterocycles. The zero-order chi connectivity index (χ0) is 16.5. The molecule has 5 heteroatoms. The Morgan fingerprint density at radius 1 is 1.12 bits per heavy atom. The Kier molecular flexibility index (Phi) is 3.61. The van der Waals surface area contributed by atoms with Crippen LogP contribution in [-0.2, 0) is 6.54 Å². The summed E-state index contributed by atoms with van der Waals surface area (Å²) in [6.45, 7) is 1.64. The molecule has 122 valence electrons. The van der Waals surface area contributed by atoms with Gasteiger partial charge in [0.05, 0.1) is 5.56 Å². The van der Waals surface area contributed by atoms with Gasteiger partial charge in [-0.1, -0.05) is 24.3 Å². The van der Waals surface area contributed by atoms with Crippen molar-refractivity contribution < 1.29 is 14.3 Å². The molecule has 0 aliphatic carbocycles. The predicted octanol–water partition coefficient (Wildman–Crippen LogP) is 3.21. The van der Waals surface area contributed by atoms with E-state index in [1.165, 1.54) is 0 Å². The van der Waals surface area contributed by atoms with Gasteiger partial charge in [0.1, 0.15) is 13.2 Å². The van der Waals surface area contributed by atoms with Crippen LogP contribution in [0.4, 0.5) is 0 Å². The fourth-order valence-corrected chi connectivity index (χ4v) is 2.99. The number of fused-ring (bicyclic) bond motifs is 2. The maximum absolute atomic E-state index is 12.8. The van der Waals surface area contributed by atoms with Gasteiger partial charge in [-0.05, 0) is 23.8 Å². The number of hydrogen-bond acceptors (Lipinski definition) is 3. The number of benzene rings is 2. The van der Waals surface area contributed by atoms with Gasteiger partial charge in [-0.25, -0.2) is 0 Å². The van der Waals surface area contributed by atoms with Gasteiger partial charge < -0.3 is 19.4 Å². The summed E-state index contributed by atoms with van der Waals surface area (Å²) in [4.78, 5) is 17.6. The predicted molar refractivity (Wildman–Crippen MR) is 91.5 cm³/mol. The quantitative estimate of drug-likeness (QED) is 0.805. The Bertz CT molecular complexity index is 901. The lowest BCUT2D eigenvalue weighted by molar-refractivity contribution is 0.0786. The second-order valence-electron chi connectivity index (χ2n) is 5.89. The Morgan fingerprint density at radius 3 is 2.79 bits per heavy atom. The molecule has 1 amide bonds. The zero-order valence-electron chi connectivity index (χ0n) is 13.4. The van der Waals surface area contributed by atoms with Crippen molar-refractivity contribution in [3.63, 3.8) is 0 Å². The molecular weight excluding hydrogens is 304 g/mol. The topological polar surface area (TPSA) is 54.6 Å². The van der Waals surface area contributed by atoms with E-state index in [0.29, 0.717) is 25.3 Å². The first kappa shape index (κ1) is 14.6. The molecule has 5 nitrogen and oxygen atoms in total. The van der Waals surface area contributed by atoms with Crippen LogP contribution in [0.1, 0.15) is 15.9 Å². The Hall–Kier alpha value is -2.95. The lowest BCUT2D eigenvalue weighted by Crippen LogP contribution is -2.26. The molecule has 0 atom stereocenters. The van der Waals surface area contributed by atoms with Gasteiger partial charge in [0.2, 0.25) is 0 Å². The molecule has 24 heavy (non-hydrogen) atoms. The van der Waals surface area contributed by atoms with Crippen LogP contribution in [0.3, 0.4) is 0 Å². The molecule has 3 aromatic rings. The molecule has 0 bridgehead atoms. The summed E-state index contributed by atoms with van der Waals surface area (Å²) in [5, 5.41) is 0.941. The number of para-hydroxylation sites is 1. The molecule has 2 heterocycles. The third-order valence-electron chi connectivity index (χ3n) is 4.19. The molecule has 1 N–H and O–H groups in total. The number of amides is 1. The van der Waals surface area contributed by atoms with Crippen LogP contribution in [-0.4, -0.2) is 36.1 Å². The summed E-state index contributed by atoms with van der Waals surface area (Å²) in [6, 6.07) is 13.6. The number of nitrogens with one attached hydrogen (secondary N) is 1. The second-order valence-corrected chi connectivity index (χ2v) is 5.89. The van der Waals surface area contributed by atoms with Crippen molar-refractivity contribution in [2.24, 2.45) is 0 Å². The molecule has 4 rings (SSSR count). The second kappa shape index (κ2) is 5.92. The molecule has 1 aliphatic rings. The summed E-state index contributed by atoms with van der Waals surface area (Å²) in [5.74, 6) is 1.49. The molecule has 0 saturated carbocycles. The van der Waals surface area contributed by atoms with Gasteiger partial charge in [0.25, 0.3) is 5.91 Å². The maximum atomic E-state index is 12.8. The van der Waals surface area contributed by atoms with Gasteiger partial charge in [-0.15, -0.1) is 0 Å². The average Bonchev–Trinajstić information content (AvgIpc) is 3.05. The highest BCUT2D eigenvalue weighted by molar-refractivity contribution is 6.06. The van der Waals surface area contributed by atoms with E-state index in [0.717, 1.165) is 28.0 Å². The fraction of sp³-hybridized carbons (Fsp3) is 0.211. The third kappa shape index (κ3) is 2.58. The third-order valence-corrected chi connectivity index (χ3v) is 4.19. The van der Waals surface area contributed by atoms with E-state index < -0.39 is 0 Å². The number of carbonyl (C=O) groups excluding carboxylic acids is 1. The van der Waals surface area contributed by atoms with E-state index in [2.05, 4.69) is 4.98 Å². The molecule has 0 radical (unpaired) electrons. The van der Waals surface area contributed by atoms with Crippen LogP contribution in [0.15, 0.2) is 48.7 Å². The number of H-pyrrole nitrogens is 1. The Balaban J connectivity index is 1.55. The van der Waals surface area contributed by atoms with Crippen molar-refractivity contribution in [3.05, 3.63) is 59.8 Å². The SMILES string of the molecule is CN(Cc1ccc2c(c1)OCCO2)C(=O)c1c[nH]c2ccccc12. The summed E-state index contributed by atoms with van der Waals surface area (Å²) < 4.78 is 11.1. The minimum Gasteiger partial charge on any atom is -0.486 e. The van der Waals surface area contributed by atoms with E-state index in [4.69, 9.17) is 9.47 Å². The van der Waals surface area contributed by atoms with E-state index in [9.17, 15) is 4.79 Å². The smallest absolute Gasteiger partial charge is 0.256 e. The highest BCUT2D eigenvalue weighted by Crippen LogP contribution is 2.31. The number of rotatable bonds is 3. The van der Waals surface area contributed by atoms with Crippen molar-refractivity contribution in [1.29, 1.82) is 0 Å². The normalized spacial score (nSPS) is 13.0. The first-order chi connectivity index (χ1) is 11.7. The van der Waals surface area contributed by atoms with Crippen molar-refractivity contribution in [2.45, 2.75) is 6.54 Å². The van der Waals surface area contributed by atoms with Gasteiger partial charge in [-0.3, -0.25) is 4.79 Å². The largest absolute Gasteiger partial charge is 0.486 e. The Labute approximate surface area is 139 Å². The van der Waals surface area contributed by atoms with E-state index in [1.54, 1.807) is 18.1 Å². The molecule has 1 aliphatic heterocycles. The zero-order valence-corrected chi connectivity index (χ0v) is 13.4. The number of carbonyl (C=O) groups is 1. The monoisotopic (exact) mass is 322 g/mol. The van der Waals surface area contributed by atoms with Gasteiger partial charge in [0, 0.05) is 30.7 Å². The highest BCUT2D eigenvalue weighted by atomic mass is 16.6. The molecule has 1 aromatic heterocycles. The van der Waals surface area contributed by atoms with E-state index in [-0.39, 0.29) is 5.91 Å². The van der Waals surface area contributed by atoms with Crippen molar-refractivity contribution in [2.75, 3.05) is 20.3 Å². The summed E-state index contributed by atoms with van der Waals surface area (Å²) in [6.07, 6.45) is 1.77. The molecule has 0 unspecified atom stereocenters. The van der Waals surface area contributed by atoms with Crippen molar-refractivity contribution in [1.82, 2.24) is 9.88 Å². The van der Waals surface area contributed by atoms with Crippen LogP contribution < -0.4 is 9.47 Å². The lowest BCUT2D eigenvalue weighted by atomic mass is 10.1. The van der Waals surface area contributed by atoms with Crippen LogP contribution in [0.5, 0.6) is 11.5 Å². The molecule has 0 spiro atoms. The average molecular weight is 322 g/mol. The highest BCUT2D eigenvalue weighted by Gasteiger charge is 2.18. The number of ether oxygens (including phenoxy) is 2. The van der Waals surface area contributed by atoms with Crippen LogP contribution in [0.25, 0.3) is 10.9 Å². The van der Waals surface area contributed by atoms with Crippen molar-refractivity contribution in [3.8, 4) is 11.5 Å². The number of hydrogen-bond donors (Lipinski definition) is 1. The van der Waals surface area contributed by atoms with E-state index in [1.807, 2.05) is 42.5 Å². The standard InChI is InChI=1S/C19H18N2O3/c1-21(12-13-6-7-17-18(10-13)24-9-8-23-17)19(22)15-11-20-16-5-3-2-4-14(15)16/h2-7,10-11,20H,8-9,12H2,1H3. The number of aromatic nitrogens is 1. The van der Waals surface area contributed by atoms with Gasteiger partial charge in [0.15, 0.2) is 11.5 Å². The van der Waals surface area contributed by atoms with E-state index >= 15 is 0 Å². The minimum absolute atomic E-state index is 0.0117. The van der Waals surface area contributed by atoms with Gasteiger partial charge in [-0.2, -0.15) is 0 Å². The number of aromatic amines is 1. The van der Waals surface area contributed by atoms with Crippen LogP contribution in [0, 0.1) is 0 Å². The molecule has 0 fully saturated rings. The maximum Gasteiger partial charge on any atom is 0.256 e. The molecular formula is C19H18N2O3. The summed E-state index contributed by atoms with van der Waals surface area (Å²) >= 11 is 0. The van der Waals surface area contributed by atoms with Crippen LogP contribution >= 0.6 is 0 Å². The Morgan fingerprint density at radius 2 is 1.92 bits per heavy atom. The number of nitrogens with zero attached hydrogens (tertiary/aromatic N) is 1. The van der Waals surface area contributed by atoms with Crippen molar-refractivity contribution >= 4 is 16.8 Å². The fourth-order valence-electron chi connectivity index (χ4n) is 2.99. The summed E-state index contributed by atoms with van der Waals surface area (Å²) in [7, 11) is 1.81.